The Kier molecular flexibility index (Phi) is 8.50. The highest BCUT2D eigenvalue weighted by Gasteiger charge is 2.21. The number of aliphatic hydroxyl groups excluding tert-OH is 1. The van der Waals surface area contributed by atoms with E-state index in [0.717, 1.165) is 32.6 Å². The van der Waals surface area contributed by atoms with E-state index in [9.17, 15) is 9.90 Å². The van der Waals surface area contributed by atoms with E-state index in [-0.39, 0.29) is 12.0 Å². The van der Waals surface area contributed by atoms with Crippen LogP contribution in [-0.4, -0.2) is 83.9 Å². The van der Waals surface area contributed by atoms with Crippen LogP contribution < -0.4 is 5.32 Å². The van der Waals surface area contributed by atoms with E-state index in [1.807, 2.05) is 20.8 Å². The topological polar surface area (TPSA) is 91.1 Å². The van der Waals surface area contributed by atoms with Gasteiger partial charge in [-0.1, -0.05) is 6.92 Å². The van der Waals surface area contributed by atoms with E-state index in [2.05, 4.69) is 20.1 Å². The molecule has 2 heterocycles. The van der Waals surface area contributed by atoms with Crippen molar-refractivity contribution in [3.8, 4) is 0 Å². The summed E-state index contributed by atoms with van der Waals surface area (Å²) < 4.78 is 10.9. The maximum Gasteiger partial charge on any atom is 0.273 e. The first-order valence-corrected chi connectivity index (χ1v) is 9.45. The fourth-order valence-electron chi connectivity index (χ4n) is 2.79. The number of hydrogen-bond acceptors (Lipinski definition) is 7. The molecule has 1 saturated heterocycles. The molecule has 0 aromatic carbocycles. The number of aromatic nitrogens is 1. The molecule has 1 aromatic rings. The Labute approximate surface area is 155 Å². The second kappa shape index (κ2) is 10.6. The van der Waals surface area contributed by atoms with Gasteiger partial charge in [-0.25, -0.2) is 4.98 Å². The summed E-state index contributed by atoms with van der Waals surface area (Å²) in [5, 5.41) is 12.8. The van der Waals surface area contributed by atoms with Gasteiger partial charge >= 0.3 is 0 Å². The van der Waals surface area contributed by atoms with Crippen LogP contribution in [0.5, 0.6) is 0 Å². The number of nitrogens with one attached hydrogen (secondary N) is 1. The summed E-state index contributed by atoms with van der Waals surface area (Å²) in [5.74, 6) is 0.370. The molecule has 0 spiro atoms. The molecule has 1 fully saturated rings. The summed E-state index contributed by atoms with van der Waals surface area (Å²) in [7, 11) is 0. The second-order valence-electron chi connectivity index (χ2n) is 7.00. The number of oxazole rings is 1. The van der Waals surface area contributed by atoms with E-state index in [4.69, 9.17) is 9.15 Å². The molecule has 2 rings (SSSR count). The van der Waals surface area contributed by atoms with Crippen LogP contribution >= 0.6 is 0 Å². The average Bonchev–Trinajstić information content (AvgIpc) is 3.08. The van der Waals surface area contributed by atoms with Crippen molar-refractivity contribution in [2.45, 2.75) is 45.9 Å². The Morgan fingerprint density at radius 3 is 2.69 bits per heavy atom. The van der Waals surface area contributed by atoms with Crippen LogP contribution in [0.25, 0.3) is 0 Å². The number of nitrogens with zero attached hydrogens (tertiary/aromatic N) is 3. The van der Waals surface area contributed by atoms with Crippen molar-refractivity contribution in [1.29, 1.82) is 0 Å². The monoisotopic (exact) mass is 368 g/mol. The van der Waals surface area contributed by atoms with Crippen molar-refractivity contribution in [3.63, 3.8) is 0 Å². The molecule has 0 aliphatic carbocycles. The van der Waals surface area contributed by atoms with Crippen LogP contribution in [0.3, 0.4) is 0 Å². The fourth-order valence-corrected chi connectivity index (χ4v) is 2.79. The minimum absolute atomic E-state index is 0.135. The van der Waals surface area contributed by atoms with Crippen molar-refractivity contribution in [2.75, 3.05) is 45.9 Å². The molecule has 1 amide bonds. The molecule has 1 aliphatic heterocycles. The van der Waals surface area contributed by atoms with Crippen molar-refractivity contribution in [1.82, 2.24) is 20.1 Å². The molecule has 2 N–H and O–H groups in total. The zero-order chi connectivity index (χ0) is 18.9. The highest BCUT2D eigenvalue weighted by atomic mass is 16.5. The van der Waals surface area contributed by atoms with Gasteiger partial charge in [-0.15, -0.1) is 0 Å². The van der Waals surface area contributed by atoms with Crippen molar-refractivity contribution >= 4 is 5.91 Å². The third-order valence-corrected chi connectivity index (χ3v) is 4.23. The van der Waals surface area contributed by atoms with Gasteiger partial charge < -0.3 is 19.6 Å². The predicted octanol–water partition coefficient (Wildman–Crippen LogP) is 0.718. The third-order valence-electron chi connectivity index (χ3n) is 4.23. The Hall–Kier alpha value is -1.48. The van der Waals surface area contributed by atoms with E-state index in [1.165, 1.54) is 6.26 Å². The Morgan fingerprint density at radius 1 is 1.35 bits per heavy atom. The minimum Gasteiger partial charge on any atom is -0.447 e. The molecule has 0 unspecified atom stereocenters. The van der Waals surface area contributed by atoms with E-state index in [0.29, 0.717) is 37.8 Å². The minimum atomic E-state index is -0.458. The number of aliphatic hydroxyl groups is 1. The predicted molar refractivity (Wildman–Crippen MR) is 97.9 cm³/mol. The molecule has 148 valence electrons. The number of β-amino-alcohol motifs (C(OH)–C–C–N with tert-alkyl or cyclic N) is 1. The molecule has 8 heteroatoms. The molecule has 1 atom stereocenters. The zero-order valence-electron chi connectivity index (χ0n) is 16.1. The molecule has 0 saturated carbocycles. The number of ether oxygens (including phenoxy) is 1. The lowest BCUT2D eigenvalue weighted by molar-refractivity contribution is -0.0151. The maximum atomic E-state index is 11.9. The number of rotatable bonds is 10. The Balaban J connectivity index is 1.70. The summed E-state index contributed by atoms with van der Waals surface area (Å²) >= 11 is 0. The molecule has 8 nitrogen and oxygen atoms in total. The normalized spacial score (nSPS) is 17.6. The highest BCUT2D eigenvalue weighted by molar-refractivity contribution is 5.91. The third kappa shape index (κ3) is 7.03. The largest absolute Gasteiger partial charge is 0.447 e. The first-order chi connectivity index (χ1) is 12.5. The van der Waals surface area contributed by atoms with Gasteiger partial charge in [-0.2, -0.15) is 0 Å². The molecule has 0 radical (unpaired) electrons. The quantitative estimate of drug-likeness (QED) is 0.629. The highest BCUT2D eigenvalue weighted by Crippen LogP contribution is 2.10. The summed E-state index contributed by atoms with van der Waals surface area (Å²) in [6, 6.07) is 0. The van der Waals surface area contributed by atoms with Gasteiger partial charge in [0, 0.05) is 39.3 Å². The maximum absolute atomic E-state index is 11.9. The van der Waals surface area contributed by atoms with Crippen LogP contribution in [0.1, 0.15) is 43.6 Å². The smallest absolute Gasteiger partial charge is 0.273 e. The number of piperazine rings is 1. The first kappa shape index (κ1) is 20.8. The lowest BCUT2D eigenvalue weighted by atomic mass is 10.2. The van der Waals surface area contributed by atoms with Gasteiger partial charge in [0.25, 0.3) is 5.91 Å². The van der Waals surface area contributed by atoms with Gasteiger partial charge in [-0.3, -0.25) is 14.6 Å². The molecule has 26 heavy (non-hydrogen) atoms. The van der Waals surface area contributed by atoms with Crippen molar-refractivity contribution < 1.29 is 19.1 Å². The number of amides is 1. The standard InChI is InChI=1S/C18H32N4O4/c1-4-5-19-18(24)16-13-26-17(20-16)11-22-8-6-21(7-9-22)10-15(23)12-25-14(2)3/h13-15,23H,4-12H2,1-3H3,(H,19,24)/t15-/m0/s1. The van der Waals surface area contributed by atoms with Crippen LogP contribution in [0.2, 0.25) is 0 Å². The fraction of sp³-hybridized carbons (Fsp3) is 0.778. The summed E-state index contributed by atoms with van der Waals surface area (Å²) in [4.78, 5) is 20.6. The average molecular weight is 368 g/mol. The van der Waals surface area contributed by atoms with Crippen LogP contribution in [0.15, 0.2) is 10.7 Å². The molecule has 0 bridgehead atoms. The number of carbonyl (C=O) groups is 1. The SMILES string of the molecule is CCCNC(=O)c1coc(CN2CCN(C[C@H](O)COC(C)C)CC2)n1. The van der Waals surface area contributed by atoms with Crippen LogP contribution in [0.4, 0.5) is 0 Å². The summed E-state index contributed by atoms with van der Waals surface area (Å²) in [6.45, 7) is 11.7. The van der Waals surface area contributed by atoms with E-state index >= 15 is 0 Å². The molecular weight excluding hydrogens is 336 g/mol. The van der Waals surface area contributed by atoms with Gasteiger partial charge in [0.2, 0.25) is 5.89 Å². The zero-order valence-corrected chi connectivity index (χ0v) is 16.1. The van der Waals surface area contributed by atoms with Crippen molar-refractivity contribution in [3.05, 3.63) is 17.8 Å². The number of hydrogen-bond donors (Lipinski definition) is 2. The van der Waals surface area contributed by atoms with Crippen LogP contribution in [0, 0.1) is 0 Å². The Morgan fingerprint density at radius 2 is 2.04 bits per heavy atom. The van der Waals surface area contributed by atoms with Crippen molar-refractivity contribution in [2.24, 2.45) is 0 Å². The summed E-state index contributed by atoms with van der Waals surface area (Å²) in [6.07, 6.45) is 1.98. The first-order valence-electron chi connectivity index (χ1n) is 9.45. The molecule has 1 aliphatic rings. The van der Waals surface area contributed by atoms with Gasteiger partial charge in [0.1, 0.15) is 6.26 Å². The Bertz CT molecular complexity index is 541. The summed E-state index contributed by atoms with van der Waals surface area (Å²) in [5.41, 5.74) is 0.334. The second-order valence-corrected chi connectivity index (χ2v) is 7.00. The van der Waals surface area contributed by atoms with Gasteiger partial charge in [-0.05, 0) is 20.3 Å². The lowest BCUT2D eigenvalue weighted by Crippen LogP contribution is -2.48. The number of carbonyl (C=O) groups excluding carboxylic acids is 1. The molecular formula is C18H32N4O4. The van der Waals surface area contributed by atoms with E-state index in [1.54, 1.807) is 0 Å². The van der Waals surface area contributed by atoms with E-state index < -0.39 is 6.10 Å². The molecule has 1 aromatic heterocycles. The van der Waals surface area contributed by atoms with Gasteiger partial charge in [0.05, 0.1) is 25.4 Å². The van der Waals surface area contributed by atoms with Crippen LogP contribution in [-0.2, 0) is 11.3 Å². The van der Waals surface area contributed by atoms with Gasteiger partial charge in [0.15, 0.2) is 5.69 Å². The lowest BCUT2D eigenvalue weighted by Gasteiger charge is -2.35.